The first kappa shape index (κ1) is 28.1. The summed E-state index contributed by atoms with van der Waals surface area (Å²) in [5.41, 5.74) is 0. The number of hydrogen-bond donors (Lipinski definition) is 3. The minimum atomic E-state index is -1.18. The lowest BCUT2D eigenvalue weighted by atomic mass is 10.1. The summed E-state index contributed by atoms with van der Waals surface area (Å²) in [4.78, 5) is 33.4. The lowest BCUT2D eigenvalue weighted by Gasteiger charge is -2.34. The molecule has 0 aromatic heterocycles. The standard InChI is InChI=1S/C23H41NO6/c1-2-3-4-5-6-7-8-9-10-11-12-13-14-15-16-17-24(18-21(25)26,19-22(27)28)20-23(29)30/h10-11H,2-9,12-20H2,1H3,(H2-,25,26,27,28,29,30)/p+1/b11-10+. The van der Waals surface area contributed by atoms with Gasteiger partial charge < -0.3 is 15.3 Å². The topological polar surface area (TPSA) is 112 Å². The summed E-state index contributed by atoms with van der Waals surface area (Å²) in [6.07, 6.45) is 19.3. The maximum atomic E-state index is 11.1. The van der Waals surface area contributed by atoms with Crippen LogP contribution < -0.4 is 0 Å². The molecule has 0 amide bonds. The van der Waals surface area contributed by atoms with Gasteiger partial charge in [0, 0.05) is 0 Å². The van der Waals surface area contributed by atoms with E-state index in [2.05, 4.69) is 19.1 Å². The molecule has 0 aromatic carbocycles. The summed E-state index contributed by atoms with van der Waals surface area (Å²) in [5.74, 6) is -3.53. The molecular formula is C23H42NO6+. The number of nitrogens with zero attached hydrogens (tertiary/aromatic N) is 1. The fourth-order valence-corrected chi connectivity index (χ4v) is 3.78. The Labute approximate surface area is 181 Å². The molecule has 0 rings (SSSR count). The molecule has 0 aliphatic heterocycles. The van der Waals surface area contributed by atoms with Crippen LogP contribution in [0.15, 0.2) is 12.2 Å². The zero-order valence-electron chi connectivity index (χ0n) is 18.7. The van der Waals surface area contributed by atoms with Crippen molar-refractivity contribution in [3.05, 3.63) is 12.2 Å². The summed E-state index contributed by atoms with van der Waals surface area (Å²) in [6.45, 7) is 1.02. The molecule has 7 nitrogen and oxygen atoms in total. The van der Waals surface area contributed by atoms with Gasteiger partial charge in [-0.05, 0) is 38.5 Å². The fraction of sp³-hybridized carbons (Fsp3) is 0.783. The van der Waals surface area contributed by atoms with Crippen LogP contribution in [0.2, 0.25) is 0 Å². The number of carboxylic acids is 3. The van der Waals surface area contributed by atoms with Gasteiger partial charge in [-0.1, -0.05) is 64.0 Å². The molecule has 30 heavy (non-hydrogen) atoms. The monoisotopic (exact) mass is 428 g/mol. The third-order valence-electron chi connectivity index (χ3n) is 5.31. The van der Waals surface area contributed by atoms with Crippen LogP contribution in [0.3, 0.4) is 0 Å². The fourth-order valence-electron chi connectivity index (χ4n) is 3.78. The molecule has 0 saturated heterocycles. The summed E-state index contributed by atoms with van der Waals surface area (Å²) >= 11 is 0. The molecule has 0 spiro atoms. The van der Waals surface area contributed by atoms with E-state index in [1.165, 1.54) is 44.9 Å². The largest absolute Gasteiger partial charge is 0.477 e. The summed E-state index contributed by atoms with van der Waals surface area (Å²) in [7, 11) is 0. The van der Waals surface area contributed by atoms with Crippen molar-refractivity contribution >= 4 is 17.9 Å². The summed E-state index contributed by atoms with van der Waals surface area (Å²) in [5, 5.41) is 27.3. The van der Waals surface area contributed by atoms with Crippen LogP contribution in [-0.4, -0.2) is 63.9 Å². The Morgan fingerprint density at radius 2 is 0.967 bits per heavy atom. The number of hydrogen-bond acceptors (Lipinski definition) is 3. The van der Waals surface area contributed by atoms with Gasteiger partial charge in [0.15, 0.2) is 19.6 Å². The van der Waals surface area contributed by atoms with E-state index in [0.29, 0.717) is 6.42 Å². The van der Waals surface area contributed by atoms with Crippen LogP contribution >= 0.6 is 0 Å². The van der Waals surface area contributed by atoms with Crippen LogP contribution in [0.1, 0.15) is 90.4 Å². The predicted octanol–water partition coefficient (Wildman–Crippen LogP) is 4.70. The molecule has 0 bridgehead atoms. The van der Waals surface area contributed by atoms with E-state index in [4.69, 9.17) is 15.3 Å². The summed E-state index contributed by atoms with van der Waals surface area (Å²) < 4.78 is -0.446. The van der Waals surface area contributed by atoms with Gasteiger partial charge in [-0.2, -0.15) is 0 Å². The number of quaternary nitrogens is 1. The van der Waals surface area contributed by atoms with Gasteiger partial charge in [-0.15, -0.1) is 0 Å². The molecule has 174 valence electrons. The van der Waals surface area contributed by atoms with Crippen molar-refractivity contribution in [1.29, 1.82) is 0 Å². The molecule has 0 atom stereocenters. The molecule has 0 aromatic rings. The Hall–Kier alpha value is -1.89. The number of aliphatic carboxylic acids is 3. The van der Waals surface area contributed by atoms with E-state index >= 15 is 0 Å². The van der Waals surface area contributed by atoms with E-state index in [1.54, 1.807) is 0 Å². The molecule has 0 saturated carbocycles. The second-order valence-corrected chi connectivity index (χ2v) is 8.31. The Kier molecular flexibility index (Phi) is 16.8. The van der Waals surface area contributed by atoms with Gasteiger partial charge in [0.05, 0.1) is 6.54 Å². The van der Waals surface area contributed by atoms with Gasteiger partial charge in [-0.25, -0.2) is 14.4 Å². The molecule has 7 heteroatoms. The minimum absolute atomic E-state index is 0.249. The third-order valence-corrected chi connectivity index (χ3v) is 5.31. The number of carbonyl (C=O) groups is 3. The number of unbranched alkanes of at least 4 members (excludes halogenated alkanes) is 11. The molecule has 0 aliphatic carbocycles. The zero-order valence-corrected chi connectivity index (χ0v) is 18.7. The van der Waals surface area contributed by atoms with Crippen LogP contribution in [0.5, 0.6) is 0 Å². The zero-order chi connectivity index (χ0) is 22.7. The average molecular weight is 429 g/mol. The lowest BCUT2D eigenvalue weighted by Crippen LogP contribution is -2.57. The first-order valence-corrected chi connectivity index (χ1v) is 11.5. The molecule has 0 unspecified atom stereocenters. The maximum absolute atomic E-state index is 11.1. The van der Waals surface area contributed by atoms with Gasteiger partial charge in [-0.3, -0.25) is 4.48 Å². The highest BCUT2D eigenvalue weighted by atomic mass is 16.4. The first-order valence-electron chi connectivity index (χ1n) is 11.5. The third kappa shape index (κ3) is 17.0. The first-order chi connectivity index (χ1) is 14.3. The number of carboxylic acid groups (broad SMARTS) is 3. The van der Waals surface area contributed by atoms with E-state index in [9.17, 15) is 14.4 Å². The van der Waals surface area contributed by atoms with Crippen molar-refractivity contribution in [3.63, 3.8) is 0 Å². The van der Waals surface area contributed by atoms with Crippen molar-refractivity contribution in [2.75, 3.05) is 26.2 Å². The summed E-state index contributed by atoms with van der Waals surface area (Å²) in [6, 6.07) is 0. The van der Waals surface area contributed by atoms with Crippen LogP contribution in [-0.2, 0) is 14.4 Å². The molecule has 3 N–H and O–H groups in total. The van der Waals surface area contributed by atoms with Crippen molar-refractivity contribution in [2.24, 2.45) is 0 Å². The second kappa shape index (κ2) is 17.9. The number of allylic oxidation sites excluding steroid dienone is 2. The van der Waals surface area contributed by atoms with Crippen molar-refractivity contribution < 1.29 is 34.2 Å². The van der Waals surface area contributed by atoms with Crippen molar-refractivity contribution in [2.45, 2.75) is 90.4 Å². The van der Waals surface area contributed by atoms with Crippen LogP contribution in [0, 0.1) is 0 Å². The normalized spacial score (nSPS) is 11.8. The lowest BCUT2D eigenvalue weighted by molar-refractivity contribution is -0.907. The second-order valence-electron chi connectivity index (χ2n) is 8.31. The number of rotatable bonds is 21. The highest BCUT2D eigenvalue weighted by Gasteiger charge is 2.35. The maximum Gasteiger partial charge on any atom is 0.359 e. The predicted molar refractivity (Wildman–Crippen MR) is 117 cm³/mol. The van der Waals surface area contributed by atoms with Crippen LogP contribution in [0.4, 0.5) is 0 Å². The molecule has 0 fully saturated rings. The van der Waals surface area contributed by atoms with Gasteiger partial charge in [0.1, 0.15) is 0 Å². The SMILES string of the molecule is CCCCCCCCC/C=C/CCCCCC[N+](CC(=O)O)(CC(=O)O)CC(=O)O. The van der Waals surface area contributed by atoms with E-state index in [-0.39, 0.29) is 6.54 Å². The van der Waals surface area contributed by atoms with E-state index in [0.717, 1.165) is 32.1 Å². The molecule has 0 heterocycles. The Morgan fingerprint density at radius 3 is 1.37 bits per heavy atom. The minimum Gasteiger partial charge on any atom is -0.477 e. The van der Waals surface area contributed by atoms with Crippen molar-refractivity contribution in [3.8, 4) is 0 Å². The highest BCUT2D eigenvalue weighted by molar-refractivity contribution is 5.73. The highest BCUT2D eigenvalue weighted by Crippen LogP contribution is 2.13. The Balaban J connectivity index is 3.99. The molecule has 0 aliphatic rings. The van der Waals surface area contributed by atoms with E-state index in [1.807, 2.05) is 0 Å². The quantitative estimate of drug-likeness (QED) is 0.139. The van der Waals surface area contributed by atoms with Gasteiger partial charge >= 0.3 is 17.9 Å². The Morgan fingerprint density at radius 1 is 0.600 bits per heavy atom. The van der Waals surface area contributed by atoms with E-state index < -0.39 is 42.0 Å². The average Bonchev–Trinajstić information content (AvgIpc) is 2.63. The van der Waals surface area contributed by atoms with Gasteiger partial charge in [0.25, 0.3) is 0 Å². The smallest absolute Gasteiger partial charge is 0.359 e. The Bertz CT molecular complexity index is 477. The van der Waals surface area contributed by atoms with Crippen molar-refractivity contribution in [1.82, 2.24) is 0 Å². The van der Waals surface area contributed by atoms with Crippen LogP contribution in [0.25, 0.3) is 0 Å². The molecule has 0 radical (unpaired) electrons. The van der Waals surface area contributed by atoms with Gasteiger partial charge in [0.2, 0.25) is 0 Å². The molecular weight excluding hydrogens is 386 g/mol.